The van der Waals surface area contributed by atoms with Gasteiger partial charge in [0, 0.05) is 27.6 Å². The second-order valence-electron chi connectivity index (χ2n) is 6.78. The van der Waals surface area contributed by atoms with Gasteiger partial charge in [-0.2, -0.15) is 0 Å². The summed E-state index contributed by atoms with van der Waals surface area (Å²) in [6.45, 7) is 3.65. The number of ether oxygens (including phenoxy) is 2. The molecule has 33 heavy (non-hydrogen) atoms. The van der Waals surface area contributed by atoms with Gasteiger partial charge in [-0.15, -0.1) is 0 Å². The summed E-state index contributed by atoms with van der Waals surface area (Å²) in [5, 5.41) is 11.9. The zero-order valence-corrected chi connectivity index (χ0v) is 20.3. The third kappa shape index (κ3) is 6.19. The number of nitrogens with zero attached hydrogens (tertiary/aromatic N) is 1. The highest BCUT2D eigenvalue weighted by Gasteiger charge is 2.33. The molecular formula is C24H21Cl2NO5S. The second-order valence-corrected chi connectivity index (χ2v) is 8.66. The molecule has 0 spiro atoms. The first-order chi connectivity index (χ1) is 15.8. The minimum atomic E-state index is -0.740. The number of hydrogen-bond donors (Lipinski definition) is 1. The molecule has 3 rings (SSSR count). The molecule has 172 valence electrons. The maximum absolute atomic E-state index is 12.4. The SMILES string of the molecule is CCOC(=O)C1=C(O)/C(=C/c2ccccc2OCc2ccc(Cl)cc2Cl)SC1=NC(=O)CC. The molecule has 1 amide bonds. The molecule has 6 nitrogen and oxygen atoms in total. The average molecular weight is 506 g/mol. The summed E-state index contributed by atoms with van der Waals surface area (Å²) in [6, 6.07) is 12.4. The van der Waals surface area contributed by atoms with Crippen molar-refractivity contribution < 1.29 is 24.2 Å². The molecule has 0 radical (unpaired) electrons. The van der Waals surface area contributed by atoms with Crippen LogP contribution >= 0.6 is 35.0 Å². The first-order valence-corrected chi connectivity index (χ1v) is 11.7. The Hall–Kier alpha value is -2.74. The van der Waals surface area contributed by atoms with Crippen molar-refractivity contribution in [2.24, 2.45) is 4.99 Å². The quantitative estimate of drug-likeness (QED) is 0.440. The van der Waals surface area contributed by atoms with Crippen molar-refractivity contribution in [3.8, 4) is 5.75 Å². The van der Waals surface area contributed by atoms with Crippen molar-refractivity contribution in [3.05, 3.63) is 79.9 Å². The molecule has 1 aliphatic rings. The van der Waals surface area contributed by atoms with E-state index in [1.807, 2.05) is 12.1 Å². The van der Waals surface area contributed by atoms with Gasteiger partial charge < -0.3 is 14.6 Å². The number of halogens is 2. The average Bonchev–Trinajstić information content (AvgIpc) is 3.08. The zero-order valence-electron chi connectivity index (χ0n) is 17.9. The molecule has 0 saturated heterocycles. The zero-order chi connectivity index (χ0) is 24.0. The van der Waals surface area contributed by atoms with Crippen molar-refractivity contribution >= 4 is 58.0 Å². The Morgan fingerprint density at radius 2 is 1.91 bits per heavy atom. The standard InChI is InChI=1S/C24H21Cl2NO5S/c1-3-20(28)27-23-21(24(30)31-4-2)22(29)19(33-23)11-14-7-5-6-8-18(14)32-13-15-9-10-16(25)12-17(15)26/h5-12,29H,3-4,13H2,1-2H3/b19-11-,27-23?. The molecule has 1 heterocycles. The Bertz CT molecular complexity index is 1170. The highest BCUT2D eigenvalue weighted by Crippen LogP contribution is 2.40. The molecule has 0 saturated carbocycles. The van der Waals surface area contributed by atoms with E-state index in [-0.39, 0.29) is 36.0 Å². The second kappa shape index (κ2) is 11.4. The molecular weight excluding hydrogens is 485 g/mol. The van der Waals surface area contributed by atoms with Gasteiger partial charge in [-0.25, -0.2) is 9.79 Å². The van der Waals surface area contributed by atoms with Crippen LogP contribution in [0.5, 0.6) is 5.75 Å². The number of benzene rings is 2. The fourth-order valence-electron chi connectivity index (χ4n) is 2.85. The fraction of sp³-hybridized carbons (Fsp3) is 0.208. The van der Waals surface area contributed by atoms with Gasteiger partial charge in [0.2, 0.25) is 5.91 Å². The minimum absolute atomic E-state index is 0.107. The van der Waals surface area contributed by atoms with Gasteiger partial charge in [0.25, 0.3) is 0 Å². The molecule has 0 unspecified atom stereocenters. The van der Waals surface area contributed by atoms with Crippen LogP contribution in [-0.4, -0.2) is 28.6 Å². The summed E-state index contributed by atoms with van der Waals surface area (Å²) in [4.78, 5) is 28.6. The van der Waals surface area contributed by atoms with Crippen LogP contribution in [0.25, 0.3) is 6.08 Å². The van der Waals surface area contributed by atoms with Crippen molar-refractivity contribution in [1.82, 2.24) is 0 Å². The smallest absolute Gasteiger partial charge is 0.344 e. The molecule has 9 heteroatoms. The third-order valence-corrected chi connectivity index (χ3v) is 6.11. The first-order valence-electron chi connectivity index (χ1n) is 10.1. The van der Waals surface area contributed by atoms with Crippen molar-refractivity contribution in [2.45, 2.75) is 26.9 Å². The lowest BCUT2D eigenvalue weighted by atomic mass is 10.1. The normalized spacial score (nSPS) is 15.9. The van der Waals surface area contributed by atoms with Gasteiger partial charge >= 0.3 is 5.97 Å². The van der Waals surface area contributed by atoms with Gasteiger partial charge in [-0.05, 0) is 31.2 Å². The van der Waals surface area contributed by atoms with Crippen molar-refractivity contribution in [1.29, 1.82) is 0 Å². The number of esters is 1. The first kappa shape index (κ1) is 24.9. The largest absolute Gasteiger partial charge is 0.506 e. The number of aliphatic hydroxyl groups is 1. The maximum atomic E-state index is 12.4. The van der Waals surface area contributed by atoms with E-state index in [1.165, 1.54) is 0 Å². The summed E-state index contributed by atoms with van der Waals surface area (Å²) in [6.07, 6.45) is 1.83. The van der Waals surface area contributed by atoms with Crippen LogP contribution in [0.2, 0.25) is 10.0 Å². The number of carbonyl (C=O) groups excluding carboxylic acids is 2. The number of aliphatic imine (C=N–C) groups is 1. The molecule has 2 aromatic carbocycles. The van der Waals surface area contributed by atoms with Crippen molar-refractivity contribution in [3.63, 3.8) is 0 Å². The van der Waals surface area contributed by atoms with E-state index >= 15 is 0 Å². The Labute approximate surface area is 205 Å². The van der Waals surface area contributed by atoms with Gasteiger partial charge in [-0.3, -0.25) is 4.79 Å². The Balaban J connectivity index is 1.93. The summed E-state index contributed by atoms with van der Waals surface area (Å²) < 4.78 is 11.0. The fourth-order valence-corrected chi connectivity index (χ4v) is 4.34. The summed E-state index contributed by atoms with van der Waals surface area (Å²) in [7, 11) is 0. The van der Waals surface area contributed by atoms with E-state index in [2.05, 4.69) is 4.99 Å². The number of thioether (sulfide) groups is 1. The number of para-hydroxylation sites is 1. The molecule has 0 fully saturated rings. The molecule has 1 aliphatic heterocycles. The topological polar surface area (TPSA) is 85.2 Å². The molecule has 0 bridgehead atoms. The molecule has 0 aromatic heterocycles. The Morgan fingerprint density at radius 3 is 2.61 bits per heavy atom. The highest BCUT2D eigenvalue weighted by molar-refractivity contribution is 8.18. The number of rotatable bonds is 7. The van der Waals surface area contributed by atoms with E-state index in [0.717, 1.165) is 17.3 Å². The summed E-state index contributed by atoms with van der Waals surface area (Å²) in [5.74, 6) is -0.902. The third-order valence-electron chi connectivity index (χ3n) is 4.50. The van der Waals surface area contributed by atoms with E-state index in [9.17, 15) is 14.7 Å². The molecule has 0 atom stereocenters. The lowest BCUT2D eigenvalue weighted by molar-refractivity contribution is -0.138. The van der Waals surface area contributed by atoms with Crippen LogP contribution in [0, 0.1) is 0 Å². The van der Waals surface area contributed by atoms with Crippen LogP contribution in [0.4, 0.5) is 0 Å². The number of amides is 1. The van der Waals surface area contributed by atoms with Crippen LogP contribution in [0.15, 0.2) is 63.7 Å². The number of carbonyl (C=O) groups is 2. The van der Waals surface area contributed by atoms with Crippen molar-refractivity contribution in [2.75, 3.05) is 6.61 Å². The predicted octanol–water partition coefficient (Wildman–Crippen LogP) is 6.37. The van der Waals surface area contributed by atoms with Gasteiger partial charge in [-0.1, -0.05) is 66.2 Å². The van der Waals surface area contributed by atoms with Crippen LogP contribution in [0.3, 0.4) is 0 Å². The number of hydrogen-bond acceptors (Lipinski definition) is 6. The Kier molecular flexibility index (Phi) is 8.61. The van der Waals surface area contributed by atoms with E-state index in [1.54, 1.807) is 50.3 Å². The van der Waals surface area contributed by atoms with Gasteiger partial charge in [0.1, 0.15) is 28.7 Å². The van der Waals surface area contributed by atoms with Crippen LogP contribution in [-0.2, 0) is 20.9 Å². The molecule has 0 aliphatic carbocycles. The van der Waals surface area contributed by atoms with E-state index in [4.69, 9.17) is 32.7 Å². The monoisotopic (exact) mass is 505 g/mol. The minimum Gasteiger partial charge on any atom is -0.506 e. The van der Waals surface area contributed by atoms with E-state index in [0.29, 0.717) is 26.3 Å². The lowest BCUT2D eigenvalue weighted by Gasteiger charge is -2.11. The molecule has 2 aromatic rings. The van der Waals surface area contributed by atoms with Gasteiger partial charge in [0.15, 0.2) is 0 Å². The summed E-state index contributed by atoms with van der Waals surface area (Å²) in [5.41, 5.74) is 1.29. The number of aliphatic hydroxyl groups excluding tert-OH is 1. The van der Waals surface area contributed by atoms with Crippen LogP contribution in [0.1, 0.15) is 31.4 Å². The maximum Gasteiger partial charge on any atom is 0.344 e. The highest BCUT2D eigenvalue weighted by atomic mass is 35.5. The lowest BCUT2D eigenvalue weighted by Crippen LogP contribution is -2.14. The Morgan fingerprint density at radius 1 is 1.15 bits per heavy atom. The summed E-state index contributed by atoms with van der Waals surface area (Å²) >= 11 is 13.2. The van der Waals surface area contributed by atoms with Gasteiger partial charge in [0.05, 0.1) is 11.5 Å². The predicted molar refractivity (Wildman–Crippen MR) is 132 cm³/mol. The van der Waals surface area contributed by atoms with Crippen LogP contribution < -0.4 is 4.74 Å². The molecule has 1 N–H and O–H groups in total. The van der Waals surface area contributed by atoms with E-state index < -0.39 is 11.9 Å².